The highest BCUT2D eigenvalue weighted by atomic mass is 32.1. The maximum Gasteiger partial charge on any atom is 0.0809 e. The summed E-state index contributed by atoms with van der Waals surface area (Å²) >= 11 is 1.73. The van der Waals surface area contributed by atoms with Gasteiger partial charge in [-0.05, 0) is 42.1 Å². The Morgan fingerprint density at radius 2 is 2.21 bits per heavy atom. The lowest BCUT2D eigenvalue weighted by molar-refractivity contribution is 0.567. The number of thiophene rings is 1. The summed E-state index contributed by atoms with van der Waals surface area (Å²) in [5.74, 6) is 0. The molecule has 1 unspecified atom stereocenters. The van der Waals surface area contributed by atoms with Crippen LogP contribution in [-0.4, -0.2) is 9.97 Å². The predicted octanol–water partition coefficient (Wildman–Crippen LogP) is 3.54. The summed E-state index contributed by atoms with van der Waals surface area (Å²) in [6.45, 7) is 2.92. The number of aromatic nitrogens is 2. The highest BCUT2D eigenvalue weighted by Crippen LogP contribution is 2.22. The van der Waals surface area contributed by atoms with E-state index in [1.165, 1.54) is 10.3 Å². The van der Waals surface area contributed by atoms with Crippen molar-refractivity contribution in [1.29, 1.82) is 0 Å². The number of pyridine rings is 2. The van der Waals surface area contributed by atoms with Gasteiger partial charge in [-0.3, -0.25) is 9.97 Å². The lowest BCUT2D eigenvalue weighted by Gasteiger charge is -2.13. The van der Waals surface area contributed by atoms with Crippen molar-refractivity contribution < 1.29 is 0 Å². The van der Waals surface area contributed by atoms with Crippen LogP contribution in [0.1, 0.15) is 24.2 Å². The van der Waals surface area contributed by atoms with E-state index in [2.05, 4.69) is 39.7 Å². The fraction of sp³-hybridized carbons (Fsp3) is 0.200. The molecule has 96 valence electrons. The van der Waals surface area contributed by atoms with Crippen LogP contribution in [0.25, 0.3) is 10.2 Å². The smallest absolute Gasteiger partial charge is 0.0809 e. The average Bonchev–Trinajstić information content (AvgIpc) is 2.93. The van der Waals surface area contributed by atoms with Crippen LogP contribution < -0.4 is 5.32 Å². The number of nitrogens with one attached hydrogen (secondary N) is 1. The minimum Gasteiger partial charge on any atom is -0.305 e. The van der Waals surface area contributed by atoms with E-state index in [1.54, 1.807) is 11.3 Å². The molecule has 4 heteroatoms. The molecular weight excluding hydrogens is 254 g/mol. The minimum absolute atomic E-state index is 0.265. The molecule has 3 heterocycles. The Labute approximate surface area is 116 Å². The first kappa shape index (κ1) is 12.3. The first-order valence-corrected chi connectivity index (χ1v) is 7.17. The van der Waals surface area contributed by atoms with E-state index in [4.69, 9.17) is 0 Å². The second kappa shape index (κ2) is 5.47. The molecule has 0 amide bonds. The molecule has 0 bridgehead atoms. The third-order valence-electron chi connectivity index (χ3n) is 3.14. The van der Waals surface area contributed by atoms with Gasteiger partial charge >= 0.3 is 0 Å². The Balaban J connectivity index is 1.71. The Morgan fingerprint density at radius 3 is 3.05 bits per heavy atom. The molecule has 0 aromatic carbocycles. The molecule has 3 rings (SSSR count). The number of rotatable bonds is 4. The first-order chi connectivity index (χ1) is 9.33. The Hall–Kier alpha value is -1.78. The van der Waals surface area contributed by atoms with E-state index >= 15 is 0 Å². The van der Waals surface area contributed by atoms with E-state index in [-0.39, 0.29) is 6.04 Å². The van der Waals surface area contributed by atoms with Gasteiger partial charge in [-0.1, -0.05) is 6.07 Å². The molecule has 0 aliphatic carbocycles. The normalized spacial score (nSPS) is 12.7. The SMILES string of the molecule is CC(NCc1ccccn1)c1cnc2ccsc2c1. The summed E-state index contributed by atoms with van der Waals surface area (Å²) in [4.78, 5) is 8.78. The topological polar surface area (TPSA) is 37.8 Å². The molecule has 19 heavy (non-hydrogen) atoms. The summed E-state index contributed by atoms with van der Waals surface area (Å²) in [5.41, 5.74) is 3.34. The van der Waals surface area contributed by atoms with E-state index in [0.717, 1.165) is 17.8 Å². The lowest BCUT2D eigenvalue weighted by Crippen LogP contribution is -2.18. The quantitative estimate of drug-likeness (QED) is 0.787. The molecule has 0 fully saturated rings. The van der Waals surface area contributed by atoms with E-state index in [1.807, 2.05) is 30.6 Å². The maximum absolute atomic E-state index is 4.47. The zero-order chi connectivity index (χ0) is 13.1. The van der Waals surface area contributed by atoms with Gasteiger partial charge in [-0.25, -0.2) is 0 Å². The van der Waals surface area contributed by atoms with Crippen molar-refractivity contribution in [3.05, 3.63) is 59.4 Å². The van der Waals surface area contributed by atoms with Gasteiger partial charge in [0, 0.05) is 25.0 Å². The van der Waals surface area contributed by atoms with Gasteiger partial charge in [-0.15, -0.1) is 11.3 Å². The van der Waals surface area contributed by atoms with E-state index in [9.17, 15) is 0 Å². The second-order valence-electron chi connectivity index (χ2n) is 4.50. The van der Waals surface area contributed by atoms with Gasteiger partial charge in [0.05, 0.1) is 15.9 Å². The van der Waals surface area contributed by atoms with Crippen LogP contribution in [0.2, 0.25) is 0 Å². The first-order valence-electron chi connectivity index (χ1n) is 6.29. The lowest BCUT2D eigenvalue weighted by atomic mass is 10.1. The molecule has 3 aromatic rings. The van der Waals surface area contributed by atoms with Crippen molar-refractivity contribution in [1.82, 2.24) is 15.3 Å². The Kier molecular flexibility index (Phi) is 3.53. The average molecular weight is 269 g/mol. The third kappa shape index (κ3) is 2.80. The van der Waals surface area contributed by atoms with Crippen molar-refractivity contribution in [3.63, 3.8) is 0 Å². The number of hydrogen-bond acceptors (Lipinski definition) is 4. The van der Waals surface area contributed by atoms with E-state index < -0.39 is 0 Å². The molecule has 0 aliphatic rings. The van der Waals surface area contributed by atoms with Gasteiger partial charge in [0.2, 0.25) is 0 Å². The fourth-order valence-electron chi connectivity index (χ4n) is 1.98. The third-order valence-corrected chi connectivity index (χ3v) is 3.99. The minimum atomic E-state index is 0.265. The molecule has 3 nitrogen and oxygen atoms in total. The Bertz CT molecular complexity index is 663. The van der Waals surface area contributed by atoms with Crippen molar-refractivity contribution in [3.8, 4) is 0 Å². The summed E-state index contributed by atoms with van der Waals surface area (Å²) in [6, 6.07) is 10.5. The molecular formula is C15H15N3S. The Morgan fingerprint density at radius 1 is 1.26 bits per heavy atom. The zero-order valence-corrected chi connectivity index (χ0v) is 11.5. The number of fused-ring (bicyclic) bond motifs is 1. The molecule has 0 saturated carbocycles. The standard InChI is InChI=1S/C15H15N3S/c1-11(17-10-13-4-2-3-6-16-13)12-8-15-14(18-9-12)5-7-19-15/h2-9,11,17H,10H2,1H3. The zero-order valence-electron chi connectivity index (χ0n) is 10.7. The molecule has 1 atom stereocenters. The van der Waals surface area contributed by atoms with Gasteiger partial charge in [0.1, 0.15) is 0 Å². The number of nitrogens with zero attached hydrogens (tertiary/aromatic N) is 2. The highest BCUT2D eigenvalue weighted by molar-refractivity contribution is 7.17. The monoisotopic (exact) mass is 269 g/mol. The van der Waals surface area contributed by atoms with Crippen molar-refractivity contribution in [2.75, 3.05) is 0 Å². The molecule has 0 saturated heterocycles. The van der Waals surface area contributed by atoms with Crippen LogP contribution >= 0.6 is 11.3 Å². The summed E-state index contributed by atoms with van der Waals surface area (Å²) in [6.07, 6.45) is 3.77. The molecule has 0 radical (unpaired) electrons. The van der Waals surface area contributed by atoms with Crippen molar-refractivity contribution >= 4 is 21.6 Å². The van der Waals surface area contributed by atoms with Crippen LogP contribution in [0.15, 0.2) is 48.1 Å². The largest absolute Gasteiger partial charge is 0.305 e. The highest BCUT2D eigenvalue weighted by Gasteiger charge is 2.07. The van der Waals surface area contributed by atoms with Gasteiger partial charge in [0.25, 0.3) is 0 Å². The van der Waals surface area contributed by atoms with Crippen molar-refractivity contribution in [2.24, 2.45) is 0 Å². The molecule has 0 spiro atoms. The van der Waals surface area contributed by atoms with Crippen LogP contribution in [-0.2, 0) is 6.54 Å². The van der Waals surface area contributed by atoms with Gasteiger partial charge < -0.3 is 5.32 Å². The molecule has 3 aromatic heterocycles. The van der Waals surface area contributed by atoms with Crippen LogP contribution in [0.4, 0.5) is 0 Å². The van der Waals surface area contributed by atoms with Crippen molar-refractivity contribution in [2.45, 2.75) is 19.5 Å². The maximum atomic E-state index is 4.47. The van der Waals surface area contributed by atoms with Gasteiger partial charge in [0.15, 0.2) is 0 Å². The van der Waals surface area contributed by atoms with Crippen LogP contribution in [0.5, 0.6) is 0 Å². The molecule has 0 aliphatic heterocycles. The number of hydrogen-bond donors (Lipinski definition) is 1. The second-order valence-corrected chi connectivity index (χ2v) is 5.44. The molecule has 1 N–H and O–H groups in total. The summed E-state index contributed by atoms with van der Waals surface area (Å²) in [5, 5.41) is 5.55. The van der Waals surface area contributed by atoms with Crippen LogP contribution in [0.3, 0.4) is 0 Å². The summed E-state index contributed by atoms with van der Waals surface area (Å²) < 4.78 is 1.24. The summed E-state index contributed by atoms with van der Waals surface area (Å²) in [7, 11) is 0. The van der Waals surface area contributed by atoms with Gasteiger partial charge in [-0.2, -0.15) is 0 Å². The fourth-order valence-corrected chi connectivity index (χ4v) is 2.77. The predicted molar refractivity (Wildman–Crippen MR) is 79.1 cm³/mol. The van der Waals surface area contributed by atoms with E-state index in [0.29, 0.717) is 0 Å². The van der Waals surface area contributed by atoms with Crippen LogP contribution in [0, 0.1) is 0 Å².